The van der Waals surface area contributed by atoms with E-state index in [-0.39, 0.29) is 12.1 Å². The number of hydrogen-bond donors (Lipinski definition) is 0. The highest BCUT2D eigenvalue weighted by atomic mass is 16.2. The van der Waals surface area contributed by atoms with Crippen molar-refractivity contribution in [3.8, 4) is 11.5 Å². The quantitative estimate of drug-likeness (QED) is 0.645. The van der Waals surface area contributed by atoms with Gasteiger partial charge < -0.3 is 9.47 Å². The summed E-state index contributed by atoms with van der Waals surface area (Å²) in [5.41, 5.74) is 2.84. The molecule has 3 aromatic heterocycles. The smallest absolute Gasteiger partial charge is 0.322 e. The van der Waals surface area contributed by atoms with Crippen molar-refractivity contribution in [2.24, 2.45) is 0 Å². The fourth-order valence-corrected chi connectivity index (χ4v) is 3.42. The SMILES string of the molecule is Cc1ccc(CCN2CCN(c3cccc(-c4nncn4C(C)C)n3)C2=O)cn1. The molecule has 3 aromatic rings. The summed E-state index contributed by atoms with van der Waals surface area (Å²) in [4.78, 5) is 25.5. The zero-order valence-electron chi connectivity index (χ0n) is 17.0. The lowest BCUT2D eigenvalue weighted by Gasteiger charge is -2.18. The highest BCUT2D eigenvalue weighted by Gasteiger charge is 2.30. The molecule has 0 bridgehead atoms. The first-order valence-corrected chi connectivity index (χ1v) is 9.88. The van der Waals surface area contributed by atoms with E-state index in [1.807, 2.05) is 46.9 Å². The molecule has 8 nitrogen and oxygen atoms in total. The van der Waals surface area contributed by atoms with E-state index in [2.05, 4.69) is 35.1 Å². The summed E-state index contributed by atoms with van der Waals surface area (Å²) >= 11 is 0. The molecule has 0 N–H and O–H groups in total. The number of carbonyl (C=O) groups is 1. The Morgan fingerprint density at radius 3 is 2.76 bits per heavy atom. The van der Waals surface area contributed by atoms with Crippen LogP contribution in [0.25, 0.3) is 11.5 Å². The van der Waals surface area contributed by atoms with Gasteiger partial charge in [-0.3, -0.25) is 9.88 Å². The van der Waals surface area contributed by atoms with Gasteiger partial charge in [-0.1, -0.05) is 12.1 Å². The molecule has 0 saturated carbocycles. The van der Waals surface area contributed by atoms with Gasteiger partial charge in [-0.05, 0) is 51.0 Å². The topological polar surface area (TPSA) is 80.0 Å². The minimum atomic E-state index is -0.0138. The van der Waals surface area contributed by atoms with E-state index in [1.165, 1.54) is 0 Å². The van der Waals surface area contributed by atoms with Gasteiger partial charge in [0, 0.05) is 37.6 Å². The average molecular weight is 391 g/mol. The second-order valence-electron chi connectivity index (χ2n) is 7.52. The van der Waals surface area contributed by atoms with Crippen molar-refractivity contribution < 1.29 is 4.79 Å². The molecule has 0 radical (unpaired) electrons. The van der Waals surface area contributed by atoms with Crippen molar-refractivity contribution in [1.29, 1.82) is 0 Å². The first kappa shape index (κ1) is 19.0. The molecular weight excluding hydrogens is 366 g/mol. The Morgan fingerprint density at radius 2 is 2.00 bits per heavy atom. The monoisotopic (exact) mass is 391 g/mol. The first-order chi connectivity index (χ1) is 14.0. The molecule has 150 valence electrons. The maximum Gasteiger partial charge on any atom is 0.325 e. The van der Waals surface area contributed by atoms with Crippen molar-refractivity contribution in [2.75, 3.05) is 24.5 Å². The second kappa shape index (κ2) is 7.98. The van der Waals surface area contributed by atoms with Gasteiger partial charge in [-0.15, -0.1) is 10.2 Å². The number of rotatable bonds is 6. The van der Waals surface area contributed by atoms with Crippen molar-refractivity contribution in [3.05, 3.63) is 54.1 Å². The maximum atomic E-state index is 12.9. The molecule has 0 aromatic carbocycles. The van der Waals surface area contributed by atoms with Crippen LogP contribution in [0.3, 0.4) is 0 Å². The molecule has 0 aliphatic carbocycles. The van der Waals surface area contributed by atoms with Crippen molar-refractivity contribution in [2.45, 2.75) is 33.2 Å². The van der Waals surface area contributed by atoms with Gasteiger partial charge in [-0.25, -0.2) is 9.78 Å². The van der Waals surface area contributed by atoms with E-state index >= 15 is 0 Å². The lowest BCUT2D eigenvalue weighted by Crippen LogP contribution is -2.33. The summed E-state index contributed by atoms with van der Waals surface area (Å²) in [6, 6.07) is 9.95. The fourth-order valence-electron chi connectivity index (χ4n) is 3.42. The van der Waals surface area contributed by atoms with Crippen LogP contribution in [-0.2, 0) is 6.42 Å². The van der Waals surface area contributed by atoms with Crippen LogP contribution < -0.4 is 4.90 Å². The summed E-state index contributed by atoms with van der Waals surface area (Å²) in [6.07, 6.45) is 4.37. The lowest BCUT2D eigenvalue weighted by molar-refractivity contribution is 0.221. The normalized spacial score (nSPS) is 14.3. The van der Waals surface area contributed by atoms with Crippen molar-refractivity contribution in [3.63, 3.8) is 0 Å². The van der Waals surface area contributed by atoms with Crippen LogP contribution in [0.15, 0.2) is 42.9 Å². The predicted molar refractivity (Wildman–Crippen MR) is 111 cm³/mol. The molecule has 4 rings (SSSR count). The molecule has 1 aliphatic rings. The minimum absolute atomic E-state index is 0.0138. The van der Waals surface area contributed by atoms with Crippen LogP contribution in [0.4, 0.5) is 10.6 Å². The third-order valence-corrected chi connectivity index (χ3v) is 5.11. The molecule has 8 heteroatoms. The van der Waals surface area contributed by atoms with Crippen LogP contribution in [0, 0.1) is 6.92 Å². The van der Waals surface area contributed by atoms with Gasteiger partial charge in [0.2, 0.25) is 0 Å². The van der Waals surface area contributed by atoms with Crippen molar-refractivity contribution in [1.82, 2.24) is 29.6 Å². The predicted octanol–water partition coefficient (Wildman–Crippen LogP) is 3.11. The number of pyridine rings is 2. The van der Waals surface area contributed by atoms with E-state index in [4.69, 9.17) is 4.98 Å². The van der Waals surface area contributed by atoms with E-state index in [9.17, 15) is 4.79 Å². The summed E-state index contributed by atoms with van der Waals surface area (Å²) in [6.45, 7) is 8.09. The van der Waals surface area contributed by atoms with Crippen LogP contribution >= 0.6 is 0 Å². The molecule has 1 aliphatic heterocycles. The Hall–Kier alpha value is -3.29. The number of urea groups is 1. The number of anilines is 1. The van der Waals surface area contributed by atoms with E-state index in [0.717, 1.165) is 17.7 Å². The third kappa shape index (κ3) is 3.96. The highest BCUT2D eigenvalue weighted by molar-refractivity contribution is 5.93. The van der Waals surface area contributed by atoms with Gasteiger partial charge in [0.15, 0.2) is 5.82 Å². The summed E-state index contributed by atoms with van der Waals surface area (Å²) in [5.74, 6) is 1.35. The van der Waals surface area contributed by atoms with Gasteiger partial charge in [-0.2, -0.15) is 0 Å². The zero-order valence-corrected chi connectivity index (χ0v) is 17.0. The van der Waals surface area contributed by atoms with Crippen LogP contribution in [0.2, 0.25) is 0 Å². The Bertz CT molecular complexity index is 996. The number of nitrogens with zero attached hydrogens (tertiary/aromatic N) is 7. The molecule has 0 spiro atoms. The number of aryl methyl sites for hydroxylation is 1. The zero-order chi connectivity index (χ0) is 20.4. The molecule has 1 saturated heterocycles. The largest absolute Gasteiger partial charge is 0.325 e. The number of carbonyl (C=O) groups excluding carboxylic acids is 1. The van der Waals surface area contributed by atoms with Gasteiger partial charge in [0.1, 0.15) is 17.8 Å². The van der Waals surface area contributed by atoms with Crippen LogP contribution in [0.5, 0.6) is 0 Å². The number of hydrogen-bond acceptors (Lipinski definition) is 5. The molecule has 29 heavy (non-hydrogen) atoms. The highest BCUT2D eigenvalue weighted by Crippen LogP contribution is 2.23. The van der Waals surface area contributed by atoms with Gasteiger partial charge in [0.25, 0.3) is 0 Å². The summed E-state index contributed by atoms with van der Waals surface area (Å²) in [5, 5.41) is 8.22. The molecule has 1 fully saturated rings. The van der Waals surface area contributed by atoms with E-state index in [0.29, 0.717) is 37.0 Å². The summed E-state index contributed by atoms with van der Waals surface area (Å²) in [7, 11) is 0. The average Bonchev–Trinajstić information content (AvgIpc) is 3.35. The van der Waals surface area contributed by atoms with E-state index in [1.54, 1.807) is 11.2 Å². The standard InChI is InChI=1S/C21H25N7O/c1-15(2)28-14-23-25-20(28)18-5-4-6-19(24-18)27-12-11-26(21(27)29)10-9-17-8-7-16(3)22-13-17/h4-8,13-15H,9-12H2,1-3H3. The van der Waals surface area contributed by atoms with E-state index < -0.39 is 0 Å². The Kier molecular flexibility index (Phi) is 5.24. The Morgan fingerprint density at radius 1 is 1.14 bits per heavy atom. The maximum absolute atomic E-state index is 12.9. The third-order valence-electron chi connectivity index (χ3n) is 5.11. The van der Waals surface area contributed by atoms with Crippen LogP contribution in [-0.4, -0.2) is 55.3 Å². The number of amides is 2. The molecule has 0 atom stereocenters. The minimum Gasteiger partial charge on any atom is -0.322 e. The molecule has 0 unspecified atom stereocenters. The second-order valence-corrected chi connectivity index (χ2v) is 7.52. The number of aromatic nitrogens is 5. The van der Waals surface area contributed by atoms with Gasteiger partial charge in [0.05, 0.1) is 0 Å². The lowest BCUT2D eigenvalue weighted by atomic mass is 10.2. The Labute approximate surface area is 170 Å². The Balaban J connectivity index is 1.47. The fraction of sp³-hybridized carbons (Fsp3) is 0.381. The first-order valence-electron chi connectivity index (χ1n) is 9.88. The molecule has 2 amide bonds. The van der Waals surface area contributed by atoms with Gasteiger partial charge >= 0.3 is 6.03 Å². The van der Waals surface area contributed by atoms with Crippen LogP contribution in [0.1, 0.15) is 31.1 Å². The summed E-state index contributed by atoms with van der Waals surface area (Å²) < 4.78 is 1.97. The molecule has 4 heterocycles. The van der Waals surface area contributed by atoms with Crippen molar-refractivity contribution >= 4 is 11.8 Å². The molecular formula is C21H25N7O.